The van der Waals surface area contributed by atoms with Crippen LogP contribution in [0.5, 0.6) is 5.75 Å². The van der Waals surface area contributed by atoms with E-state index in [4.69, 9.17) is 22.2 Å². The van der Waals surface area contributed by atoms with Crippen LogP contribution < -0.4 is 16.0 Å². The predicted molar refractivity (Wildman–Crippen MR) is 82.9 cm³/mol. The molecule has 0 saturated carbocycles. The third kappa shape index (κ3) is 4.43. The Morgan fingerprint density at radius 3 is 2.52 bits per heavy atom. The highest BCUT2D eigenvalue weighted by Gasteiger charge is 2.13. The number of hydrogen-bond acceptors (Lipinski definition) is 3. The van der Waals surface area contributed by atoms with Crippen molar-refractivity contribution >= 4 is 11.6 Å². The summed E-state index contributed by atoms with van der Waals surface area (Å²) >= 11 is 6.03. The van der Waals surface area contributed by atoms with E-state index in [2.05, 4.69) is 5.43 Å². The first-order chi connectivity index (χ1) is 10.1. The number of rotatable bonds is 6. The summed E-state index contributed by atoms with van der Waals surface area (Å²) in [5, 5.41) is 0.656. The van der Waals surface area contributed by atoms with Gasteiger partial charge in [0.15, 0.2) is 0 Å². The van der Waals surface area contributed by atoms with Crippen molar-refractivity contribution in [3.8, 4) is 5.75 Å². The van der Waals surface area contributed by atoms with Crippen LogP contribution in [0.15, 0.2) is 42.5 Å². The molecule has 2 aromatic rings. The summed E-state index contributed by atoms with van der Waals surface area (Å²) in [5.74, 6) is 6.16. The van der Waals surface area contributed by atoms with Gasteiger partial charge in [-0.25, -0.2) is 4.39 Å². The average molecular weight is 309 g/mol. The molecule has 2 aromatic carbocycles. The van der Waals surface area contributed by atoms with Crippen molar-refractivity contribution < 1.29 is 9.13 Å². The van der Waals surface area contributed by atoms with Crippen LogP contribution in [0.25, 0.3) is 0 Å². The van der Waals surface area contributed by atoms with Crippen LogP contribution in [0.4, 0.5) is 4.39 Å². The van der Waals surface area contributed by atoms with Gasteiger partial charge in [0.2, 0.25) is 0 Å². The molecule has 0 aliphatic heterocycles. The number of nitrogens with one attached hydrogen (secondary N) is 1. The Morgan fingerprint density at radius 1 is 1.19 bits per heavy atom. The third-order valence-corrected chi connectivity index (χ3v) is 3.57. The SMILES string of the molecule is COc1ccc(Cl)cc1CC(Cc1ccc(F)cc1)NN. The summed E-state index contributed by atoms with van der Waals surface area (Å²) in [6, 6.07) is 11.9. The number of halogens is 2. The fraction of sp³-hybridized carbons (Fsp3) is 0.250. The molecule has 0 aliphatic rings. The maximum atomic E-state index is 12.9. The second-order valence-electron chi connectivity index (χ2n) is 4.85. The number of ether oxygens (including phenoxy) is 1. The van der Waals surface area contributed by atoms with Crippen molar-refractivity contribution in [2.75, 3.05) is 7.11 Å². The number of hydrazine groups is 1. The largest absolute Gasteiger partial charge is 0.496 e. The van der Waals surface area contributed by atoms with Gasteiger partial charge in [0, 0.05) is 11.1 Å². The molecule has 1 unspecified atom stereocenters. The zero-order valence-corrected chi connectivity index (χ0v) is 12.5. The first-order valence-electron chi connectivity index (χ1n) is 6.65. The average Bonchev–Trinajstić information content (AvgIpc) is 2.49. The lowest BCUT2D eigenvalue weighted by molar-refractivity contribution is 0.404. The standard InChI is InChI=1S/C16H18ClFN2O/c1-21-16-7-4-13(17)9-12(16)10-15(20-19)8-11-2-5-14(18)6-3-11/h2-7,9,15,20H,8,10,19H2,1H3. The molecule has 21 heavy (non-hydrogen) atoms. The van der Waals surface area contributed by atoms with Crippen molar-refractivity contribution in [2.24, 2.45) is 5.84 Å². The van der Waals surface area contributed by atoms with E-state index < -0.39 is 0 Å². The fourth-order valence-electron chi connectivity index (χ4n) is 2.27. The molecular weight excluding hydrogens is 291 g/mol. The molecule has 1 atom stereocenters. The van der Waals surface area contributed by atoms with Crippen LogP contribution in [0.1, 0.15) is 11.1 Å². The van der Waals surface area contributed by atoms with E-state index >= 15 is 0 Å². The molecule has 0 spiro atoms. The number of benzene rings is 2. The molecule has 0 bridgehead atoms. The normalized spacial score (nSPS) is 12.2. The van der Waals surface area contributed by atoms with Gasteiger partial charge in [-0.1, -0.05) is 23.7 Å². The molecular formula is C16H18ClFN2O. The molecule has 0 fully saturated rings. The van der Waals surface area contributed by atoms with E-state index in [0.29, 0.717) is 17.9 Å². The number of methoxy groups -OCH3 is 1. The van der Waals surface area contributed by atoms with Gasteiger partial charge in [0.25, 0.3) is 0 Å². The van der Waals surface area contributed by atoms with Crippen molar-refractivity contribution in [3.05, 3.63) is 64.4 Å². The van der Waals surface area contributed by atoms with Crippen LogP contribution in [0.2, 0.25) is 5.02 Å². The summed E-state index contributed by atoms with van der Waals surface area (Å²) in [4.78, 5) is 0. The van der Waals surface area contributed by atoms with E-state index in [1.165, 1.54) is 12.1 Å². The summed E-state index contributed by atoms with van der Waals surface area (Å²) in [5.41, 5.74) is 4.79. The van der Waals surface area contributed by atoms with Crippen LogP contribution in [-0.2, 0) is 12.8 Å². The monoisotopic (exact) mass is 308 g/mol. The van der Waals surface area contributed by atoms with Crippen LogP contribution in [0.3, 0.4) is 0 Å². The molecule has 0 aliphatic carbocycles. The lowest BCUT2D eigenvalue weighted by atomic mass is 9.99. The van der Waals surface area contributed by atoms with E-state index in [1.807, 2.05) is 12.1 Å². The van der Waals surface area contributed by atoms with Crippen molar-refractivity contribution in [1.29, 1.82) is 0 Å². The van der Waals surface area contributed by atoms with Crippen LogP contribution in [0, 0.1) is 5.82 Å². The van der Waals surface area contributed by atoms with E-state index in [0.717, 1.165) is 16.9 Å². The molecule has 2 rings (SSSR count). The summed E-state index contributed by atoms with van der Waals surface area (Å²) in [6.45, 7) is 0. The first-order valence-corrected chi connectivity index (χ1v) is 7.03. The Hall–Kier alpha value is -1.62. The lowest BCUT2D eigenvalue weighted by Gasteiger charge is -2.18. The summed E-state index contributed by atoms with van der Waals surface area (Å²) in [7, 11) is 1.62. The molecule has 3 nitrogen and oxygen atoms in total. The van der Waals surface area contributed by atoms with Gasteiger partial charge in [-0.05, 0) is 54.3 Å². The van der Waals surface area contributed by atoms with Crippen molar-refractivity contribution in [1.82, 2.24) is 5.43 Å². The quantitative estimate of drug-likeness (QED) is 0.637. The minimum Gasteiger partial charge on any atom is -0.496 e. The molecule has 0 radical (unpaired) electrons. The number of nitrogens with two attached hydrogens (primary N) is 1. The van der Waals surface area contributed by atoms with E-state index in [9.17, 15) is 4.39 Å². The Labute approximate surface area is 128 Å². The Kier molecular flexibility index (Phi) is 5.56. The van der Waals surface area contributed by atoms with E-state index in [1.54, 1.807) is 25.3 Å². The Morgan fingerprint density at radius 2 is 1.90 bits per heavy atom. The molecule has 0 amide bonds. The highest BCUT2D eigenvalue weighted by atomic mass is 35.5. The second kappa shape index (κ2) is 7.41. The zero-order chi connectivity index (χ0) is 15.2. The van der Waals surface area contributed by atoms with Gasteiger partial charge in [0.05, 0.1) is 7.11 Å². The van der Waals surface area contributed by atoms with Gasteiger partial charge in [-0.15, -0.1) is 0 Å². The van der Waals surface area contributed by atoms with Gasteiger partial charge in [-0.3, -0.25) is 11.3 Å². The highest BCUT2D eigenvalue weighted by Crippen LogP contribution is 2.24. The van der Waals surface area contributed by atoms with Crippen LogP contribution in [-0.4, -0.2) is 13.2 Å². The summed E-state index contributed by atoms with van der Waals surface area (Å²) in [6.07, 6.45) is 1.35. The van der Waals surface area contributed by atoms with Gasteiger partial charge < -0.3 is 4.74 Å². The Balaban J connectivity index is 2.11. The first kappa shape index (κ1) is 15.8. The highest BCUT2D eigenvalue weighted by molar-refractivity contribution is 6.30. The van der Waals surface area contributed by atoms with Crippen molar-refractivity contribution in [3.63, 3.8) is 0 Å². The second-order valence-corrected chi connectivity index (χ2v) is 5.29. The maximum absolute atomic E-state index is 12.9. The maximum Gasteiger partial charge on any atom is 0.123 e. The number of hydrogen-bond donors (Lipinski definition) is 2. The molecule has 0 saturated heterocycles. The minimum absolute atomic E-state index is 0.00262. The van der Waals surface area contributed by atoms with Gasteiger partial charge in [0.1, 0.15) is 11.6 Å². The molecule has 0 aromatic heterocycles. The van der Waals surface area contributed by atoms with Gasteiger partial charge in [-0.2, -0.15) is 0 Å². The topological polar surface area (TPSA) is 47.3 Å². The molecule has 112 valence electrons. The smallest absolute Gasteiger partial charge is 0.123 e. The van der Waals surface area contributed by atoms with Gasteiger partial charge >= 0.3 is 0 Å². The van der Waals surface area contributed by atoms with Crippen molar-refractivity contribution in [2.45, 2.75) is 18.9 Å². The summed E-state index contributed by atoms with van der Waals surface area (Å²) < 4.78 is 18.3. The molecule has 3 N–H and O–H groups in total. The molecule has 0 heterocycles. The lowest BCUT2D eigenvalue weighted by Crippen LogP contribution is -2.38. The Bertz CT molecular complexity index is 589. The zero-order valence-electron chi connectivity index (χ0n) is 11.8. The third-order valence-electron chi connectivity index (χ3n) is 3.34. The van der Waals surface area contributed by atoms with E-state index in [-0.39, 0.29) is 11.9 Å². The fourth-order valence-corrected chi connectivity index (χ4v) is 2.46. The molecule has 5 heteroatoms. The van der Waals surface area contributed by atoms with Crippen LogP contribution >= 0.6 is 11.6 Å². The predicted octanol–water partition coefficient (Wildman–Crippen LogP) is 3.10. The minimum atomic E-state index is -0.243.